The lowest BCUT2D eigenvalue weighted by Gasteiger charge is -2.30. The van der Waals surface area contributed by atoms with Gasteiger partial charge in [0.15, 0.2) is 5.82 Å². The number of nitrogens with one attached hydrogen (secondary N) is 1. The van der Waals surface area contributed by atoms with E-state index in [0.29, 0.717) is 6.42 Å². The highest BCUT2D eigenvalue weighted by Crippen LogP contribution is 2.25. The van der Waals surface area contributed by atoms with Crippen molar-refractivity contribution in [2.75, 3.05) is 6.61 Å². The van der Waals surface area contributed by atoms with E-state index in [-0.39, 0.29) is 18.6 Å². The summed E-state index contributed by atoms with van der Waals surface area (Å²) in [5, 5.41) is 8.67. The van der Waals surface area contributed by atoms with Crippen molar-refractivity contribution in [2.45, 2.75) is 36.8 Å². The molecule has 0 amide bonds. The Kier molecular flexibility index (Phi) is 4.49. The minimum Gasteiger partial charge on any atom is -0.396 e. The number of aliphatic hydroxyl groups excluding tert-OH is 1. The summed E-state index contributed by atoms with van der Waals surface area (Å²) in [4.78, 5) is 3.58. The first-order chi connectivity index (χ1) is 9.04. The number of sulfonamides is 1. The lowest BCUT2D eigenvalue weighted by Crippen LogP contribution is -2.43. The Balaban J connectivity index is 2.19. The second-order valence-electron chi connectivity index (χ2n) is 4.75. The molecule has 2 rings (SSSR count). The molecule has 2 atom stereocenters. The van der Waals surface area contributed by atoms with E-state index in [1.165, 1.54) is 12.3 Å². The van der Waals surface area contributed by atoms with E-state index in [4.69, 9.17) is 0 Å². The molecule has 0 saturated heterocycles. The molecule has 1 heterocycles. The van der Waals surface area contributed by atoms with E-state index in [1.54, 1.807) is 0 Å². The number of rotatable bonds is 4. The molecule has 0 spiro atoms. The molecule has 0 aromatic carbocycles. The van der Waals surface area contributed by atoms with Crippen LogP contribution in [0.25, 0.3) is 0 Å². The molecule has 2 N–H and O–H groups in total. The van der Waals surface area contributed by atoms with E-state index in [9.17, 15) is 17.9 Å². The molecule has 1 aromatic rings. The van der Waals surface area contributed by atoms with Crippen molar-refractivity contribution in [2.24, 2.45) is 5.92 Å². The monoisotopic (exact) mass is 288 g/mol. The Bertz CT molecular complexity index is 536. The summed E-state index contributed by atoms with van der Waals surface area (Å²) in [6, 6.07) is 2.04. The Morgan fingerprint density at radius 1 is 1.42 bits per heavy atom. The number of aliphatic hydroxyl groups is 1. The molecule has 106 valence electrons. The first-order valence-corrected chi connectivity index (χ1v) is 7.76. The number of aromatic nitrogens is 1. The smallest absolute Gasteiger partial charge is 0.261 e. The zero-order valence-electron chi connectivity index (χ0n) is 10.4. The van der Waals surface area contributed by atoms with Crippen LogP contribution < -0.4 is 4.72 Å². The zero-order valence-corrected chi connectivity index (χ0v) is 11.2. The summed E-state index contributed by atoms with van der Waals surface area (Å²) in [5.41, 5.74) is 0. The third-order valence-electron chi connectivity index (χ3n) is 3.43. The fourth-order valence-electron chi connectivity index (χ4n) is 2.41. The Morgan fingerprint density at radius 3 is 2.84 bits per heavy atom. The van der Waals surface area contributed by atoms with Gasteiger partial charge in [-0.05, 0) is 30.9 Å². The van der Waals surface area contributed by atoms with E-state index in [1.807, 2.05) is 0 Å². The Labute approximate surface area is 111 Å². The van der Waals surface area contributed by atoms with Crippen molar-refractivity contribution in [1.82, 2.24) is 9.71 Å². The SMILES string of the molecule is O=S(=O)(NC1CCCCC1CO)c1ncccc1F. The normalized spacial score (nSPS) is 24.3. The highest BCUT2D eigenvalue weighted by molar-refractivity contribution is 7.89. The lowest BCUT2D eigenvalue weighted by molar-refractivity contribution is 0.164. The maximum atomic E-state index is 13.5. The number of hydrogen-bond donors (Lipinski definition) is 2. The van der Waals surface area contributed by atoms with Gasteiger partial charge >= 0.3 is 0 Å². The third-order valence-corrected chi connectivity index (χ3v) is 4.85. The summed E-state index contributed by atoms with van der Waals surface area (Å²) >= 11 is 0. The first kappa shape index (κ1) is 14.4. The average molecular weight is 288 g/mol. The van der Waals surface area contributed by atoms with Crippen LogP contribution in [0.15, 0.2) is 23.4 Å². The minimum atomic E-state index is -3.98. The molecule has 0 aliphatic heterocycles. The van der Waals surface area contributed by atoms with Crippen LogP contribution >= 0.6 is 0 Å². The fourth-order valence-corrected chi connectivity index (χ4v) is 3.75. The molecule has 19 heavy (non-hydrogen) atoms. The van der Waals surface area contributed by atoms with Crippen LogP contribution in [-0.4, -0.2) is 31.2 Å². The van der Waals surface area contributed by atoms with Crippen LogP contribution in [0, 0.1) is 11.7 Å². The van der Waals surface area contributed by atoms with Gasteiger partial charge in [0, 0.05) is 18.8 Å². The largest absolute Gasteiger partial charge is 0.396 e. The second kappa shape index (κ2) is 5.94. The number of pyridine rings is 1. The molecule has 1 fully saturated rings. The van der Waals surface area contributed by atoms with Crippen LogP contribution in [0.2, 0.25) is 0 Å². The van der Waals surface area contributed by atoms with Crippen molar-refractivity contribution in [3.63, 3.8) is 0 Å². The van der Waals surface area contributed by atoms with Crippen LogP contribution in [0.4, 0.5) is 4.39 Å². The number of nitrogens with zero attached hydrogens (tertiary/aromatic N) is 1. The second-order valence-corrected chi connectivity index (χ2v) is 6.37. The van der Waals surface area contributed by atoms with Crippen LogP contribution in [-0.2, 0) is 10.0 Å². The molecule has 1 saturated carbocycles. The number of hydrogen-bond acceptors (Lipinski definition) is 4. The standard InChI is InChI=1S/C12H17FN2O3S/c13-10-5-3-7-14-12(10)19(17,18)15-11-6-2-1-4-9(11)8-16/h3,5,7,9,11,15-16H,1-2,4,6,8H2. The van der Waals surface area contributed by atoms with Crippen molar-refractivity contribution in [3.05, 3.63) is 24.1 Å². The van der Waals surface area contributed by atoms with Crippen molar-refractivity contribution >= 4 is 10.0 Å². The number of halogens is 1. The van der Waals surface area contributed by atoms with Gasteiger partial charge in [-0.25, -0.2) is 22.5 Å². The van der Waals surface area contributed by atoms with Crippen molar-refractivity contribution < 1.29 is 17.9 Å². The van der Waals surface area contributed by atoms with Gasteiger partial charge in [-0.15, -0.1) is 0 Å². The third kappa shape index (κ3) is 3.29. The van der Waals surface area contributed by atoms with Gasteiger partial charge in [0.1, 0.15) is 0 Å². The van der Waals surface area contributed by atoms with E-state index in [0.717, 1.165) is 25.3 Å². The van der Waals surface area contributed by atoms with Crippen LogP contribution in [0.3, 0.4) is 0 Å². The van der Waals surface area contributed by atoms with E-state index < -0.39 is 20.9 Å². The molecule has 7 heteroatoms. The maximum absolute atomic E-state index is 13.5. The highest BCUT2D eigenvalue weighted by atomic mass is 32.2. The Morgan fingerprint density at radius 2 is 2.16 bits per heavy atom. The lowest BCUT2D eigenvalue weighted by atomic mass is 9.86. The predicted octanol–water partition coefficient (Wildman–Crippen LogP) is 1.05. The molecular formula is C12H17FN2O3S. The quantitative estimate of drug-likeness (QED) is 0.868. The summed E-state index contributed by atoms with van der Waals surface area (Å²) in [6.45, 7) is -0.0715. The summed E-state index contributed by atoms with van der Waals surface area (Å²) in [6.07, 6.45) is 4.53. The molecule has 5 nitrogen and oxygen atoms in total. The molecule has 1 aliphatic rings. The average Bonchev–Trinajstić information content (AvgIpc) is 2.39. The zero-order chi connectivity index (χ0) is 13.9. The van der Waals surface area contributed by atoms with Gasteiger partial charge in [0.2, 0.25) is 5.03 Å². The minimum absolute atomic E-state index is 0.0715. The van der Waals surface area contributed by atoms with E-state index in [2.05, 4.69) is 9.71 Å². The van der Waals surface area contributed by atoms with Crippen molar-refractivity contribution in [3.8, 4) is 0 Å². The molecule has 1 aromatic heterocycles. The fraction of sp³-hybridized carbons (Fsp3) is 0.583. The first-order valence-electron chi connectivity index (χ1n) is 6.28. The van der Waals surface area contributed by atoms with Gasteiger partial charge in [-0.1, -0.05) is 12.8 Å². The van der Waals surface area contributed by atoms with Gasteiger partial charge in [-0.2, -0.15) is 0 Å². The van der Waals surface area contributed by atoms with Crippen molar-refractivity contribution in [1.29, 1.82) is 0 Å². The molecule has 2 unspecified atom stereocenters. The highest BCUT2D eigenvalue weighted by Gasteiger charge is 2.30. The predicted molar refractivity (Wildman–Crippen MR) is 67.3 cm³/mol. The topological polar surface area (TPSA) is 79.3 Å². The Hall–Kier alpha value is -1.05. The molecule has 0 radical (unpaired) electrons. The molecule has 0 bridgehead atoms. The van der Waals surface area contributed by atoms with Gasteiger partial charge in [-0.3, -0.25) is 0 Å². The van der Waals surface area contributed by atoms with Gasteiger partial charge in [0.05, 0.1) is 0 Å². The van der Waals surface area contributed by atoms with Crippen LogP contribution in [0.5, 0.6) is 0 Å². The van der Waals surface area contributed by atoms with Crippen LogP contribution in [0.1, 0.15) is 25.7 Å². The molecule has 1 aliphatic carbocycles. The summed E-state index contributed by atoms with van der Waals surface area (Å²) < 4.78 is 40.1. The van der Waals surface area contributed by atoms with Gasteiger partial charge in [0.25, 0.3) is 10.0 Å². The molecular weight excluding hydrogens is 271 g/mol. The van der Waals surface area contributed by atoms with E-state index >= 15 is 0 Å². The maximum Gasteiger partial charge on any atom is 0.261 e. The summed E-state index contributed by atoms with van der Waals surface area (Å²) in [7, 11) is -3.98. The summed E-state index contributed by atoms with van der Waals surface area (Å²) in [5.74, 6) is -0.985. The van der Waals surface area contributed by atoms with Gasteiger partial charge < -0.3 is 5.11 Å².